The van der Waals surface area contributed by atoms with E-state index < -0.39 is 6.36 Å². The molecule has 0 radical (unpaired) electrons. The Balaban J connectivity index is 1.77. The highest BCUT2D eigenvalue weighted by Gasteiger charge is 2.32. The fourth-order valence-corrected chi connectivity index (χ4v) is 2.10. The molecule has 0 unspecified atom stereocenters. The molecule has 1 aromatic rings. The largest absolute Gasteiger partial charge is 0.573 e. The van der Waals surface area contributed by atoms with Crippen molar-refractivity contribution >= 4 is 0 Å². The summed E-state index contributed by atoms with van der Waals surface area (Å²) in [6.45, 7) is 2.31. The topological polar surface area (TPSA) is 39.7 Å². The van der Waals surface area contributed by atoms with E-state index in [-0.39, 0.29) is 18.1 Å². The lowest BCUT2D eigenvalue weighted by molar-refractivity contribution is -0.275. The van der Waals surface area contributed by atoms with Crippen LogP contribution in [0, 0.1) is 0 Å². The minimum Gasteiger partial charge on any atom is -0.488 e. The quantitative estimate of drug-likeness (QED) is 0.820. The second-order valence-corrected chi connectivity index (χ2v) is 4.68. The van der Waals surface area contributed by atoms with E-state index in [4.69, 9.17) is 9.47 Å². The van der Waals surface area contributed by atoms with Crippen molar-refractivity contribution in [3.8, 4) is 11.5 Å². The van der Waals surface area contributed by atoms with Gasteiger partial charge < -0.3 is 19.5 Å². The molecular weight excluding hydrogens is 287 g/mol. The van der Waals surface area contributed by atoms with Crippen molar-refractivity contribution in [3.63, 3.8) is 0 Å². The van der Waals surface area contributed by atoms with Crippen LogP contribution in [0.3, 0.4) is 0 Å². The molecule has 1 aromatic carbocycles. The molecule has 1 fully saturated rings. The van der Waals surface area contributed by atoms with E-state index in [1.165, 1.54) is 18.2 Å². The average molecular weight is 305 g/mol. The molecule has 21 heavy (non-hydrogen) atoms. The molecule has 4 nitrogen and oxygen atoms in total. The zero-order chi connectivity index (χ0) is 15.1. The zero-order valence-electron chi connectivity index (χ0n) is 11.5. The van der Waals surface area contributed by atoms with E-state index >= 15 is 0 Å². The lowest BCUT2D eigenvalue weighted by atomic mass is 10.1. The maximum atomic E-state index is 12.3. The minimum absolute atomic E-state index is 0.0867. The van der Waals surface area contributed by atoms with Crippen LogP contribution >= 0.6 is 0 Å². The Morgan fingerprint density at radius 3 is 2.48 bits per heavy atom. The van der Waals surface area contributed by atoms with Crippen LogP contribution in [-0.4, -0.2) is 38.8 Å². The molecule has 1 saturated heterocycles. The standard InChI is InChI=1S/C14H18F3NO3/c15-14(16,17)21-13-4-2-1-3-12(13)20-10-7-18-11-5-8-19-9-6-11/h1-4,11,18H,5-10H2. The molecule has 7 heteroatoms. The Morgan fingerprint density at radius 1 is 1.14 bits per heavy atom. The van der Waals surface area contributed by atoms with Gasteiger partial charge in [0.1, 0.15) is 6.61 Å². The molecule has 0 bridgehead atoms. The SMILES string of the molecule is FC(F)(F)Oc1ccccc1OCCNC1CCOCC1. The third-order valence-electron chi connectivity index (χ3n) is 3.09. The van der Waals surface area contributed by atoms with Crippen LogP contribution in [-0.2, 0) is 4.74 Å². The summed E-state index contributed by atoms with van der Waals surface area (Å²) in [6, 6.07) is 6.13. The smallest absolute Gasteiger partial charge is 0.488 e. The molecule has 0 spiro atoms. The van der Waals surface area contributed by atoms with Gasteiger partial charge in [0.2, 0.25) is 0 Å². The maximum Gasteiger partial charge on any atom is 0.573 e. The van der Waals surface area contributed by atoms with Crippen LogP contribution in [0.4, 0.5) is 13.2 Å². The van der Waals surface area contributed by atoms with E-state index in [0.717, 1.165) is 26.1 Å². The molecule has 1 N–H and O–H groups in total. The summed E-state index contributed by atoms with van der Waals surface area (Å²) in [4.78, 5) is 0. The van der Waals surface area contributed by atoms with Crippen LogP contribution in [0.1, 0.15) is 12.8 Å². The van der Waals surface area contributed by atoms with Crippen molar-refractivity contribution in [1.82, 2.24) is 5.32 Å². The van der Waals surface area contributed by atoms with Gasteiger partial charge in [0, 0.05) is 25.8 Å². The van der Waals surface area contributed by atoms with Crippen molar-refractivity contribution in [3.05, 3.63) is 24.3 Å². The number of ether oxygens (including phenoxy) is 3. The van der Waals surface area contributed by atoms with Gasteiger partial charge in [-0.05, 0) is 25.0 Å². The van der Waals surface area contributed by atoms with Gasteiger partial charge in [-0.15, -0.1) is 13.2 Å². The number of hydrogen-bond acceptors (Lipinski definition) is 4. The molecule has 0 aliphatic carbocycles. The van der Waals surface area contributed by atoms with Gasteiger partial charge in [-0.1, -0.05) is 12.1 Å². The van der Waals surface area contributed by atoms with Crippen LogP contribution in [0.25, 0.3) is 0 Å². The predicted octanol–water partition coefficient (Wildman–Crippen LogP) is 2.73. The van der Waals surface area contributed by atoms with Gasteiger partial charge in [0.15, 0.2) is 11.5 Å². The van der Waals surface area contributed by atoms with Gasteiger partial charge in [0.25, 0.3) is 0 Å². The van der Waals surface area contributed by atoms with Crippen molar-refractivity contribution in [2.45, 2.75) is 25.2 Å². The second kappa shape index (κ2) is 7.51. The monoisotopic (exact) mass is 305 g/mol. The Hall–Kier alpha value is -1.47. The van der Waals surface area contributed by atoms with E-state index in [1.807, 2.05) is 0 Å². The van der Waals surface area contributed by atoms with E-state index in [2.05, 4.69) is 10.1 Å². The number of alkyl halides is 3. The number of halogens is 3. The summed E-state index contributed by atoms with van der Waals surface area (Å²) in [5.41, 5.74) is 0. The number of nitrogens with one attached hydrogen (secondary N) is 1. The summed E-state index contributed by atoms with van der Waals surface area (Å²) < 4.78 is 51.3. The molecule has 1 heterocycles. The highest BCUT2D eigenvalue weighted by Crippen LogP contribution is 2.31. The molecule has 1 aliphatic heterocycles. The highest BCUT2D eigenvalue weighted by atomic mass is 19.4. The molecule has 118 valence electrons. The van der Waals surface area contributed by atoms with Crippen LogP contribution < -0.4 is 14.8 Å². The first kappa shape index (κ1) is 15.9. The van der Waals surface area contributed by atoms with Crippen molar-refractivity contribution < 1.29 is 27.4 Å². The zero-order valence-corrected chi connectivity index (χ0v) is 11.5. The average Bonchev–Trinajstić information content (AvgIpc) is 2.45. The van der Waals surface area contributed by atoms with Gasteiger partial charge in [0.05, 0.1) is 0 Å². The normalized spacial score (nSPS) is 16.7. The summed E-state index contributed by atoms with van der Waals surface area (Å²) in [6.07, 6.45) is -2.85. The third-order valence-corrected chi connectivity index (χ3v) is 3.09. The first-order chi connectivity index (χ1) is 10.0. The van der Waals surface area contributed by atoms with Crippen molar-refractivity contribution in [2.24, 2.45) is 0 Å². The minimum atomic E-state index is -4.72. The summed E-state index contributed by atoms with van der Waals surface area (Å²) in [5.74, 6) is -0.236. The second-order valence-electron chi connectivity index (χ2n) is 4.68. The van der Waals surface area contributed by atoms with Crippen LogP contribution in [0.15, 0.2) is 24.3 Å². The number of rotatable bonds is 6. The third kappa shape index (κ3) is 5.81. The van der Waals surface area contributed by atoms with E-state index in [1.54, 1.807) is 6.07 Å². The van der Waals surface area contributed by atoms with Gasteiger partial charge >= 0.3 is 6.36 Å². The van der Waals surface area contributed by atoms with Gasteiger partial charge in [-0.25, -0.2) is 0 Å². The molecule has 0 amide bonds. The summed E-state index contributed by atoms with van der Waals surface area (Å²) >= 11 is 0. The molecule has 0 saturated carbocycles. The lowest BCUT2D eigenvalue weighted by Gasteiger charge is -2.23. The fourth-order valence-electron chi connectivity index (χ4n) is 2.10. The Labute approximate surface area is 121 Å². The number of hydrogen-bond donors (Lipinski definition) is 1. The molecule has 0 aromatic heterocycles. The first-order valence-electron chi connectivity index (χ1n) is 6.83. The number of para-hydroxylation sites is 2. The Bertz CT molecular complexity index is 434. The van der Waals surface area contributed by atoms with E-state index in [9.17, 15) is 13.2 Å². The fraction of sp³-hybridized carbons (Fsp3) is 0.571. The lowest BCUT2D eigenvalue weighted by Crippen LogP contribution is -2.37. The molecule has 1 aliphatic rings. The van der Waals surface area contributed by atoms with E-state index in [0.29, 0.717) is 12.6 Å². The molecule has 0 atom stereocenters. The van der Waals surface area contributed by atoms with Crippen LogP contribution in [0.2, 0.25) is 0 Å². The molecular formula is C14H18F3NO3. The summed E-state index contributed by atoms with van der Waals surface area (Å²) in [7, 11) is 0. The molecule has 2 rings (SSSR count). The Kier molecular flexibility index (Phi) is 5.69. The van der Waals surface area contributed by atoms with Gasteiger partial charge in [-0.2, -0.15) is 0 Å². The maximum absolute atomic E-state index is 12.3. The van der Waals surface area contributed by atoms with Crippen molar-refractivity contribution in [2.75, 3.05) is 26.4 Å². The first-order valence-corrected chi connectivity index (χ1v) is 6.83. The number of benzene rings is 1. The summed E-state index contributed by atoms with van der Waals surface area (Å²) in [5, 5.41) is 3.29. The predicted molar refractivity (Wildman–Crippen MR) is 70.5 cm³/mol. The van der Waals surface area contributed by atoms with Gasteiger partial charge in [-0.3, -0.25) is 0 Å². The van der Waals surface area contributed by atoms with Crippen molar-refractivity contribution in [1.29, 1.82) is 0 Å². The highest BCUT2D eigenvalue weighted by molar-refractivity contribution is 5.39. The Morgan fingerprint density at radius 2 is 1.81 bits per heavy atom. The van der Waals surface area contributed by atoms with Crippen LogP contribution in [0.5, 0.6) is 11.5 Å².